The van der Waals surface area contributed by atoms with Crippen LogP contribution in [0.4, 0.5) is 4.79 Å². The van der Waals surface area contributed by atoms with E-state index in [-0.39, 0.29) is 48.1 Å². The lowest BCUT2D eigenvalue weighted by Gasteiger charge is -2.43. The second-order valence-electron chi connectivity index (χ2n) is 26.9. The molecule has 8 aliphatic rings. The second kappa shape index (κ2) is 35.2. The zero-order valence-electron chi connectivity index (χ0n) is 54.5. The molecule has 4 aromatic rings. The number of aromatic amines is 2. The number of nitrogens with one attached hydrogen (secondary N) is 3. The summed E-state index contributed by atoms with van der Waals surface area (Å²) >= 11 is 0. The third-order valence-corrected chi connectivity index (χ3v) is 18.9. The molecule has 4 N–H and O–H groups in total. The lowest BCUT2D eigenvalue weighted by atomic mass is 9.77. The molecule has 6 fully saturated rings. The van der Waals surface area contributed by atoms with E-state index in [2.05, 4.69) is 44.5 Å². The highest BCUT2D eigenvalue weighted by atomic mass is 16.6. The number of benzene rings is 2. The Hall–Kier alpha value is -6.52. The SMILES string of the molecule is CC(=O)C1=CCCCC1.CC(C)(C)OC(=O)N1CCC(=O)C2CCCCC21.CN(C)CCC(=O)C1=CCCCC1.O=C(O)CCc1c[nH]c2ccccc12.O=C1CCN(C(=O)CCc2c[nH]c3ccccc23)C2CCCCC12.O=C1CCNC2CCCCC12. The fourth-order valence-electron chi connectivity index (χ4n) is 14.1. The van der Waals surface area contributed by atoms with Gasteiger partial charge in [0, 0.05) is 135 Å². The molecule has 12 rings (SSSR count). The first-order valence-electron chi connectivity index (χ1n) is 33.8. The largest absolute Gasteiger partial charge is 0.481 e. The molecule has 3 aliphatic heterocycles. The lowest BCUT2D eigenvalue weighted by molar-refractivity contribution is -0.143. The normalized spacial score (nSPS) is 23.2. The maximum Gasteiger partial charge on any atom is 0.410 e. The number of carboxylic acid groups (broad SMARTS) is 1. The smallest absolute Gasteiger partial charge is 0.410 e. The minimum Gasteiger partial charge on any atom is -0.481 e. The number of nitrogens with zero attached hydrogens (tertiary/aromatic N) is 3. The summed E-state index contributed by atoms with van der Waals surface area (Å²) in [7, 11) is 4.01. The number of aliphatic carboxylic acids is 1. The number of ether oxygens (including phenoxy) is 1. The highest BCUT2D eigenvalue weighted by molar-refractivity contribution is 5.95. The molecule has 0 bridgehead atoms. The summed E-state index contributed by atoms with van der Waals surface area (Å²) in [6, 6.07) is 16.9. The summed E-state index contributed by atoms with van der Waals surface area (Å²) in [4.78, 5) is 105. The van der Waals surface area contributed by atoms with Gasteiger partial charge in [-0.25, -0.2) is 4.79 Å². The fraction of sp³-hybridized carbons (Fsp3) is 0.616. The molecule has 16 nitrogen and oxygen atoms in total. The van der Waals surface area contributed by atoms with Crippen LogP contribution in [0.2, 0.25) is 0 Å². The van der Waals surface area contributed by atoms with Gasteiger partial charge in [0.2, 0.25) is 5.91 Å². The number of carbonyl (C=O) groups excluding carboxylic acids is 7. The number of piperidine rings is 3. The molecule has 486 valence electrons. The number of Topliss-reactive ketones (excluding diaryl/α,β-unsaturated/α-hetero) is 5. The monoisotopic (exact) mass is 1220 g/mol. The van der Waals surface area contributed by atoms with E-state index in [0.29, 0.717) is 80.3 Å². The number of aryl methyl sites for hydroxylation is 2. The summed E-state index contributed by atoms with van der Waals surface area (Å²) in [5.74, 6) is 1.82. The van der Waals surface area contributed by atoms with Crippen LogP contribution in [0.15, 0.2) is 84.2 Å². The molecule has 2 aromatic carbocycles. The Bertz CT molecular complexity index is 3070. The number of allylic oxidation sites excluding steroid dienone is 4. The number of rotatable bonds is 11. The van der Waals surface area contributed by atoms with E-state index in [1.165, 1.54) is 55.9 Å². The number of carboxylic acids is 1. The first-order chi connectivity index (χ1) is 42.8. The number of fused-ring (bicyclic) bond motifs is 5. The molecule has 3 saturated carbocycles. The van der Waals surface area contributed by atoms with Crippen LogP contribution in [0.5, 0.6) is 0 Å². The van der Waals surface area contributed by atoms with Gasteiger partial charge < -0.3 is 39.8 Å². The van der Waals surface area contributed by atoms with Crippen LogP contribution >= 0.6 is 0 Å². The third-order valence-electron chi connectivity index (χ3n) is 18.9. The minimum absolute atomic E-state index is 0.0556. The lowest BCUT2D eigenvalue weighted by Crippen LogP contribution is -2.54. The van der Waals surface area contributed by atoms with Crippen molar-refractivity contribution in [2.75, 3.05) is 40.3 Å². The van der Waals surface area contributed by atoms with Crippen LogP contribution in [0.1, 0.15) is 206 Å². The second-order valence-corrected chi connectivity index (χ2v) is 26.9. The summed E-state index contributed by atoms with van der Waals surface area (Å²) in [5.41, 5.74) is 6.11. The molecule has 3 saturated heterocycles. The number of carbonyl (C=O) groups is 8. The summed E-state index contributed by atoms with van der Waals surface area (Å²) in [5, 5.41) is 14.3. The Balaban J connectivity index is 0.000000157. The van der Waals surface area contributed by atoms with Crippen LogP contribution in [0.3, 0.4) is 0 Å². The molecule has 2 amide bonds. The molecular weight excluding hydrogens is 1120 g/mol. The van der Waals surface area contributed by atoms with Gasteiger partial charge in [-0.2, -0.15) is 0 Å². The van der Waals surface area contributed by atoms with Gasteiger partial charge in [0.25, 0.3) is 0 Å². The van der Waals surface area contributed by atoms with E-state index in [0.717, 1.165) is 143 Å². The van der Waals surface area contributed by atoms with E-state index in [1.54, 1.807) is 11.8 Å². The van der Waals surface area contributed by atoms with Crippen LogP contribution in [-0.2, 0) is 51.1 Å². The minimum atomic E-state index is -0.754. The molecule has 5 aliphatic carbocycles. The van der Waals surface area contributed by atoms with Crippen LogP contribution in [0.25, 0.3) is 21.8 Å². The quantitative estimate of drug-likeness (QED) is 0.110. The molecule has 2 aromatic heterocycles. The van der Waals surface area contributed by atoms with Crippen molar-refractivity contribution in [3.05, 3.63) is 95.3 Å². The average molecular weight is 1230 g/mol. The van der Waals surface area contributed by atoms with Crippen molar-refractivity contribution >= 4 is 68.7 Å². The Kier molecular flexibility index (Phi) is 27.6. The highest BCUT2D eigenvalue weighted by Crippen LogP contribution is 2.36. The molecule has 5 heterocycles. The Labute approximate surface area is 529 Å². The molecule has 6 atom stereocenters. The Morgan fingerprint density at radius 3 is 1.58 bits per heavy atom. The van der Waals surface area contributed by atoms with Crippen molar-refractivity contribution in [1.29, 1.82) is 0 Å². The van der Waals surface area contributed by atoms with Crippen molar-refractivity contribution in [1.82, 2.24) is 30.0 Å². The van der Waals surface area contributed by atoms with Gasteiger partial charge in [0.1, 0.15) is 23.0 Å². The van der Waals surface area contributed by atoms with E-state index < -0.39 is 11.6 Å². The van der Waals surface area contributed by atoms with Crippen molar-refractivity contribution in [3.63, 3.8) is 0 Å². The number of aromatic nitrogens is 2. The van der Waals surface area contributed by atoms with Gasteiger partial charge in [0.05, 0.1) is 0 Å². The summed E-state index contributed by atoms with van der Waals surface area (Å²) in [6.45, 7) is 10.2. The number of ketones is 5. The van der Waals surface area contributed by atoms with Crippen LogP contribution < -0.4 is 5.32 Å². The fourth-order valence-corrected chi connectivity index (χ4v) is 14.1. The standard InChI is InChI=1S/C20H24N2O2.C14H23NO3.C11H11NO2.C11H19NO.C9H15NO.C8H12O/c23-19-11-12-22(18-8-4-2-6-16(18)19)20(24)10-9-14-13-21-17-7-3-1-5-15(14)17;1-14(2,3)18-13(17)15-9-8-12(16)10-6-4-5-7-11(10)15;13-11(14)6-5-8-7-12-10-4-2-1-3-9(8)10;1-12(2)9-8-11(13)10-6-4-3-5-7-10;11-9-5-6-10-8-4-2-1-3-7(8)9;1-7(9)8-5-3-2-4-6-8/h1,3,5,7,13,16,18,21H,2,4,6,8-12H2;10-11H,4-9H2,1-3H3;1-4,7,12H,5-6H2,(H,13,14);6H,3-5,7-9H2,1-2H3;7-8,10H,1-6H2;5H,2-4,6H2,1H3. The third kappa shape index (κ3) is 21.6. The molecule has 6 unspecified atom stereocenters. The predicted octanol–water partition coefficient (Wildman–Crippen LogP) is 13.6. The molecule has 16 heteroatoms. The average Bonchev–Trinajstić information content (AvgIpc) is 2.95. The van der Waals surface area contributed by atoms with Crippen molar-refractivity contribution in [2.24, 2.45) is 17.8 Å². The number of likely N-dealkylation sites (tertiary alicyclic amines) is 2. The van der Waals surface area contributed by atoms with Gasteiger partial charge in [-0.05, 0) is 179 Å². The Morgan fingerprint density at radius 2 is 1.08 bits per heavy atom. The maximum absolute atomic E-state index is 12.8. The van der Waals surface area contributed by atoms with Crippen LogP contribution in [-0.4, -0.2) is 141 Å². The number of para-hydroxylation sites is 2. The zero-order valence-corrected chi connectivity index (χ0v) is 54.5. The van der Waals surface area contributed by atoms with Gasteiger partial charge in [-0.3, -0.25) is 33.6 Å². The van der Waals surface area contributed by atoms with Gasteiger partial charge in [0.15, 0.2) is 11.6 Å². The van der Waals surface area contributed by atoms with Crippen LogP contribution in [0, 0.1) is 17.8 Å². The number of H-pyrrole nitrogens is 2. The predicted molar refractivity (Wildman–Crippen MR) is 352 cm³/mol. The first kappa shape index (κ1) is 69.9. The van der Waals surface area contributed by atoms with Gasteiger partial charge in [-0.1, -0.05) is 87.1 Å². The highest BCUT2D eigenvalue weighted by Gasteiger charge is 2.43. The van der Waals surface area contributed by atoms with E-state index in [1.807, 2.05) is 88.6 Å². The van der Waals surface area contributed by atoms with Gasteiger partial charge >= 0.3 is 12.1 Å². The maximum atomic E-state index is 12.8. The summed E-state index contributed by atoms with van der Waals surface area (Å²) in [6.07, 6.45) is 34.7. The Morgan fingerprint density at radius 1 is 0.584 bits per heavy atom. The van der Waals surface area contributed by atoms with Crippen molar-refractivity contribution in [3.8, 4) is 0 Å². The molecule has 0 radical (unpaired) electrons. The van der Waals surface area contributed by atoms with E-state index >= 15 is 0 Å². The molecule has 0 spiro atoms. The zero-order chi connectivity index (χ0) is 63.9. The van der Waals surface area contributed by atoms with Crippen molar-refractivity contribution < 1.29 is 48.2 Å². The van der Waals surface area contributed by atoms with E-state index in [9.17, 15) is 38.4 Å². The number of hydrogen-bond acceptors (Lipinski definition) is 11. The molecular formula is C73H104N6O10. The number of hydrogen-bond donors (Lipinski definition) is 4. The van der Waals surface area contributed by atoms with E-state index in [4.69, 9.17) is 9.84 Å². The van der Waals surface area contributed by atoms with Crippen molar-refractivity contribution in [2.45, 2.75) is 231 Å². The topological polar surface area (TPSA) is 219 Å². The van der Waals surface area contributed by atoms with Gasteiger partial charge in [-0.15, -0.1) is 0 Å². The first-order valence-corrected chi connectivity index (χ1v) is 33.8. The summed E-state index contributed by atoms with van der Waals surface area (Å²) < 4.78 is 5.44. The number of amides is 2. The molecule has 89 heavy (non-hydrogen) atoms.